The Morgan fingerprint density at radius 1 is 1.08 bits per heavy atom. The monoisotopic (exact) mass is 354 g/mol. The van der Waals surface area contributed by atoms with Gasteiger partial charge in [0.15, 0.2) is 0 Å². The van der Waals surface area contributed by atoms with Crippen LogP contribution in [-0.4, -0.2) is 18.4 Å². The smallest absolute Gasteiger partial charge is 0.228 e. The second kappa shape index (κ2) is 8.52. The third-order valence-corrected chi connectivity index (χ3v) is 5.44. The van der Waals surface area contributed by atoms with Crippen LogP contribution in [-0.2, 0) is 9.59 Å². The van der Waals surface area contributed by atoms with Crippen molar-refractivity contribution in [3.63, 3.8) is 0 Å². The normalized spacial score (nSPS) is 21.9. The molecule has 2 amide bonds. The fourth-order valence-electron chi connectivity index (χ4n) is 3.57. The highest BCUT2D eigenvalue weighted by atomic mass is 16.2. The van der Waals surface area contributed by atoms with Crippen LogP contribution in [0.2, 0.25) is 0 Å². The summed E-state index contributed by atoms with van der Waals surface area (Å²) in [5.41, 5.74) is 3.51. The Morgan fingerprint density at radius 3 is 2.46 bits per heavy atom. The minimum absolute atomic E-state index is 0.0247. The minimum Gasteiger partial charge on any atom is -0.356 e. The van der Waals surface area contributed by atoms with Gasteiger partial charge in [-0.15, -0.1) is 0 Å². The Bertz CT molecular complexity index is 676. The Kier molecular flexibility index (Phi) is 6.12. The van der Waals surface area contributed by atoms with Crippen LogP contribution in [0.25, 0.3) is 0 Å². The molecular weight excluding hydrogens is 324 g/mol. The predicted octanol–water partition coefficient (Wildman–Crippen LogP) is 4.39. The number of allylic oxidation sites excluding steroid dienone is 1. The van der Waals surface area contributed by atoms with E-state index in [2.05, 4.69) is 30.6 Å². The first kappa shape index (κ1) is 18.7. The van der Waals surface area contributed by atoms with Crippen molar-refractivity contribution in [2.45, 2.75) is 58.3 Å². The molecule has 1 fully saturated rings. The molecule has 0 spiro atoms. The van der Waals surface area contributed by atoms with Gasteiger partial charge in [-0.05, 0) is 62.1 Å². The standard InChI is InChI=1S/C22H30N2O2/c1-15(2)17-8-10-18(11-9-17)24-22(26)20-14-19(20)21(25)23-13-12-16-6-4-3-5-7-16/h6,8-11,15,19-20H,3-5,7,12-14H2,1-2H3,(H,23,25)(H,24,26). The largest absolute Gasteiger partial charge is 0.356 e. The zero-order chi connectivity index (χ0) is 18.5. The van der Waals surface area contributed by atoms with Crippen LogP contribution in [0.1, 0.15) is 63.9 Å². The molecule has 3 rings (SSSR count). The number of anilines is 1. The van der Waals surface area contributed by atoms with E-state index in [1.165, 1.54) is 36.8 Å². The zero-order valence-corrected chi connectivity index (χ0v) is 15.9. The maximum Gasteiger partial charge on any atom is 0.228 e. The summed E-state index contributed by atoms with van der Waals surface area (Å²) in [6.45, 7) is 4.98. The van der Waals surface area contributed by atoms with Crippen LogP contribution in [0.3, 0.4) is 0 Å². The van der Waals surface area contributed by atoms with Gasteiger partial charge in [-0.3, -0.25) is 9.59 Å². The second-order valence-electron chi connectivity index (χ2n) is 7.86. The lowest BCUT2D eigenvalue weighted by molar-refractivity contribution is -0.125. The average molecular weight is 354 g/mol. The molecule has 140 valence electrons. The van der Waals surface area contributed by atoms with Crippen LogP contribution in [0, 0.1) is 11.8 Å². The van der Waals surface area contributed by atoms with Crippen molar-refractivity contribution < 1.29 is 9.59 Å². The lowest BCUT2D eigenvalue weighted by Crippen LogP contribution is -2.28. The van der Waals surface area contributed by atoms with E-state index in [1.54, 1.807) is 0 Å². The van der Waals surface area contributed by atoms with Gasteiger partial charge in [0.1, 0.15) is 0 Å². The number of hydrogen-bond donors (Lipinski definition) is 2. The number of rotatable bonds is 7. The van der Waals surface area contributed by atoms with Crippen molar-refractivity contribution in [2.24, 2.45) is 11.8 Å². The topological polar surface area (TPSA) is 58.2 Å². The number of benzene rings is 1. The summed E-state index contributed by atoms with van der Waals surface area (Å²) in [5, 5.41) is 5.94. The third-order valence-electron chi connectivity index (χ3n) is 5.44. The summed E-state index contributed by atoms with van der Waals surface area (Å²) in [5.74, 6) is 0.105. The van der Waals surface area contributed by atoms with E-state index in [-0.39, 0.29) is 23.7 Å². The summed E-state index contributed by atoms with van der Waals surface area (Å²) >= 11 is 0. The molecule has 1 saturated carbocycles. The van der Waals surface area contributed by atoms with Crippen molar-refractivity contribution in [1.29, 1.82) is 0 Å². The molecule has 0 radical (unpaired) electrons. The fourth-order valence-corrected chi connectivity index (χ4v) is 3.57. The summed E-state index contributed by atoms with van der Waals surface area (Å²) in [4.78, 5) is 24.6. The van der Waals surface area contributed by atoms with Crippen molar-refractivity contribution in [1.82, 2.24) is 5.32 Å². The Morgan fingerprint density at radius 2 is 1.81 bits per heavy atom. The molecule has 0 saturated heterocycles. The molecule has 1 aromatic carbocycles. The minimum atomic E-state index is -0.186. The average Bonchev–Trinajstić information content (AvgIpc) is 3.44. The molecule has 2 N–H and O–H groups in total. The van der Waals surface area contributed by atoms with E-state index in [9.17, 15) is 9.59 Å². The maximum absolute atomic E-state index is 12.3. The van der Waals surface area contributed by atoms with Gasteiger partial charge in [0.2, 0.25) is 11.8 Å². The van der Waals surface area contributed by atoms with Gasteiger partial charge in [0.25, 0.3) is 0 Å². The van der Waals surface area contributed by atoms with Crippen molar-refractivity contribution in [3.05, 3.63) is 41.5 Å². The van der Waals surface area contributed by atoms with Crippen LogP contribution >= 0.6 is 0 Å². The molecule has 4 nitrogen and oxygen atoms in total. The number of nitrogens with one attached hydrogen (secondary N) is 2. The van der Waals surface area contributed by atoms with E-state index < -0.39 is 0 Å². The van der Waals surface area contributed by atoms with Crippen LogP contribution < -0.4 is 10.6 Å². The number of carbonyl (C=O) groups is 2. The van der Waals surface area contributed by atoms with Gasteiger partial charge in [-0.2, -0.15) is 0 Å². The van der Waals surface area contributed by atoms with Gasteiger partial charge >= 0.3 is 0 Å². The quantitative estimate of drug-likeness (QED) is 0.714. The molecule has 26 heavy (non-hydrogen) atoms. The van der Waals surface area contributed by atoms with Gasteiger partial charge in [0.05, 0.1) is 11.8 Å². The molecule has 1 aromatic rings. The maximum atomic E-state index is 12.3. The van der Waals surface area contributed by atoms with E-state index in [1.807, 2.05) is 24.3 Å². The molecule has 0 aliphatic heterocycles. The first-order valence-electron chi connectivity index (χ1n) is 9.91. The molecule has 0 aromatic heterocycles. The highest BCUT2D eigenvalue weighted by Gasteiger charge is 2.47. The second-order valence-corrected chi connectivity index (χ2v) is 7.86. The Labute approximate surface area is 156 Å². The summed E-state index contributed by atoms with van der Waals surface area (Å²) < 4.78 is 0. The van der Waals surface area contributed by atoms with Crippen molar-refractivity contribution in [3.8, 4) is 0 Å². The van der Waals surface area contributed by atoms with E-state index in [0.29, 0.717) is 18.9 Å². The fraction of sp³-hybridized carbons (Fsp3) is 0.545. The van der Waals surface area contributed by atoms with Gasteiger partial charge in [0, 0.05) is 12.2 Å². The number of hydrogen-bond acceptors (Lipinski definition) is 2. The summed E-state index contributed by atoms with van der Waals surface area (Å²) in [6, 6.07) is 7.94. The summed E-state index contributed by atoms with van der Waals surface area (Å²) in [7, 11) is 0. The third kappa shape index (κ3) is 4.96. The molecule has 0 bridgehead atoms. The first-order chi connectivity index (χ1) is 12.5. The molecule has 2 unspecified atom stereocenters. The van der Waals surface area contributed by atoms with E-state index >= 15 is 0 Å². The van der Waals surface area contributed by atoms with Crippen LogP contribution in [0.4, 0.5) is 5.69 Å². The van der Waals surface area contributed by atoms with Crippen LogP contribution in [0.5, 0.6) is 0 Å². The number of carbonyl (C=O) groups excluding carboxylic acids is 2. The van der Waals surface area contributed by atoms with Crippen molar-refractivity contribution >= 4 is 17.5 Å². The molecule has 2 atom stereocenters. The van der Waals surface area contributed by atoms with Crippen molar-refractivity contribution in [2.75, 3.05) is 11.9 Å². The lowest BCUT2D eigenvalue weighted by Gasteiger charge is -2.13. The highest BCUT2D eigenvalue weighted by molar-refractivity contribution is 5.99. The highest BCUT2D eigenvalue weighted by Crippen LogP contribution is 2.39. The predicted molar refractivity (Wildman–Crippen MR) is 105 cm³/mol. The molecule has 4 heteroatoms. The van der Waals surface area contributed by atoms with E-state index in [4.69, 9.17) is 0 Å². The molecule has 2 aliphatic carbocycles. The zero-order valence-electron chi connectivity index (χ0n) is 15.9. The number of amides is 2. The summed E-state index contributed by atoms with van der Waals surface area (Å²) in [6.07, 6.45) is 8.81. The first-order valence-corrected chi connectivity index (χ1v) is 9.91. The molecular formula is C22H30N2O2. The van der Waals surface area contributed by atoms with Crippen LogP contribution in [0.15, 0.2) is 35.9 Å². The van der Waals surface area contributed by atoms with E-state index in [0.717, 1.165) is 12.1 Å². The molecule has 2 aliphatic rings. The Balaban J connectivity index is 1.40. The molecule has 0 heterocycles. The van der Waals surface area contributed by atoms with Gasteiger partial charge < -0.3 is 10.6 Å². The SMILES string of the molecule is CC(C)c1ccc(NC(=O)C2CC2C(=O)NCCC2=CCCCC2)cc1. The Hall–Kier alpha value is -2.10. The lowest BCUT2D eigenvalue weighted by atomic mass is 9.97. The van der Waals surface area contributed by atoms with Gasteiger partial charge in [-0.1, -0.05) is 37.6 Å². The van der Waals surface area contributed by atoms with Gasteiger partial charge in [-0.25, -0.2) is 0 Å².